The molecule has 0 aromatic rings. The molecule has 0 aliphatic rings. The highest BCUT2D eigenvalue weighted by Crippen LogP contribution is 2.38. The number of hydrogen-bond donors (Lipinski definition) is 2. The predicted molar refractivity (Wildman–Crippen MR) is 302 cm³/mol. The Bertz CT molecular complexity index is 1150. The normalized spacial score (nSPS) is 13.9. The van der Waals surface area contributed by atoms with Crippen LogP contribution in [0, 0.1) is 0 Å². The number of allylic oxidation sites excluding steroid dienone is 2. The van der Waals surface area contributed by atoms with Crippen LogP contribution in [-0.2, 0) is 18.4 Å². The maximum Gasteiger partial charge on any atom is 0.268 e. The van der Waals surface area contributed by atoms with E-state index in [-0.39, 0.29) is 19.1 Å². The van der Waals surface area contributed by atoms with Gasteiger partial charge in [0.2, 0.25) is 5.91 Å². The smallest absolute Gasteiger partial charge is 0.268 e. The van der Waals surface area contributed by atoms with Gasteiger partial charge in [0.1, 0.15) is 13.2 Å². The molecule has 0 heterocycles. The fourth-order valence-corrected chi connectivity index (χ4v) is 10.4. The van der Waals surface area contributed by atoms with Crippen LogP contribution in [-0.4, -0.2) is 68.5 Å². The molecule has 0 saturated carbocycles. The van der Waals surface area contributed by atoms with Crippen LogP contribution in [0.4, 0.5) is 0 Å². The average molecular weight is 1010 g/mol. The van der Waals surface area contributed by atoms with Crippen molar-refractivity contribution in [3.63, 3.8) is 0 Å². The van der Waals surface area contributed by atoms with Crippen LogP contribution >= 0.6 is 7.82 Å². The summed E-state index contributed by atoms with van der Waals surface area (Å²) < 4.78 is 23.5. The van der Waals surface area contributed by atoms with Crippen molar-refractivity contribution in [3.8, 4) is 0 Å². The minimum atomic E-state index is -4.57. The van der Waals surface area contributed by atoms with Gasteiger partial charge >= 0.3 is 0 Å². The van der Waals surface area contributed by atoms with Gasteiger partial charge in [-0.3, -0.25) is 9.36 Å². The van der Waals surface area contributed by atoms with E-state index in [0.717, 1.165) is 38.5 Å². The van der Waals surface area contributed by atoms with Crippen LogP contribution in [0.5, 0.6) is 0 Å². The minimum absolute atomic E-state index is 0.0148. The number of unbranched alkanes of at least 4 members (excludes halogenated alkanes) is 43. The molecule has 0 bridgehead atoms. The molecule has 418 valence electrons. The lowest BCUT2D eigenvalue weighted by Crippen LogP contribution is -2.46. The Balaban J connectivity index is 4.09. The van der Waals surface area contributed by atoms with Gasteiger partial charge in [0.15, 0.2) is 0 Å². The summed E-state index contributed by atoms with van der Waals surface area (Å²) in [5.74, 6) is -0.159. The maximum absolute atomic E-state index is 13.0. The molecular weight excluding hydrogens is 888 g/mol. The van der Waals surface area contributed by atoms with E-state index in [9.17, 15) is 19.4 Å². The van der Waals surface area contributed by atoms with Crippen LogP contribution in [0.3, 0.4) is 0 Å². The first-order valence-corrected chi connectivity index (χ1v) is 32.5. The molecule has 0 radical (unpaired) electrons. The Hall–Kier alpha value is -0.760. The summed E-state index contributed by atoms with van der Waals surface area (Å²) >= 11 is 0. The molecule has 3 unspecified atom stereocenters. The first kappa shape index (κ1) is 69.2. The van der Waals surface area contributed by atoms with Crippen molar-refractivity contribution in [2.24, 2.45) is 0 Å². The first-order chi connectivity index (χ1) is 34.0. The third kappa shape index (κ3) is 55.0. The fourth-order valence-electron chi connectivity index (χ4n) is 9.63. The van der Waals surface area contributed by atoms with Gasteiger partial charge in [-0.15, -0.1) is 0 Å². The number of rotatable bonds is 58. The summed E-state index contributed by atoms with van der Waals surface area (Å²) in [4.78, 5) is 25.6. The van der Waals surface area contributed by atoms with Crippen LogP contribution < -0.4 is 10.2 Å². The number of nitrogens with one attached hydrogen (secondary N) is 1. The Morgan fingerprint density at radius 1 is 0.486 bits per heavy atom. The standard InChI is InChI=1S/C61H123N2O6P/c1-6-8-10-12-14-16-18-20-22-24-26-28-29-30-31-32-33-35-37-39-41-43-45-47-49-51-53-55-61(65)62-59(58-69-70(66,67)68-57-56-63(3,4)5)60(64)54-52-50-48-46-44-42-40-38-36-34-27-25-23-21-19-17-15-13-11-9-7-2/h30-31,59-60,64H,6-29,32-58H2,1-5H3,(H-,62,65,66,67)/b31-30-. The van der Waals surface area contributed by atoms with Gasteiger partial charge < -0.3 is 28.8 Å². The largest absolute Gasteiger partial charge is 0.756 e. The van der Waals surface area contributed by atoms with E-state index in [1.165, 1.54) is 257 Å². The second kappa shape index (κ2) is 53.1. The van der Waals surface area contributed by atoms with Gasteiger partial charge in [-0.1, -0.05) is 289 Å². The highest BCUT2D eigenvalue weighted by atomic mass is 31.2. The van der Waals surface area contributed by atoms with E-state index in [0.29, 0.717) is 23.9 Å². The number of carbonyl (C=O) groups is 1. The lowest BCUT2D eigenvalue weighted by atomic mass is 10.0. The van der Waals surface area contributed by atoms with Crippen molar-refractivity contribution < 1.29 is 32.9 Å². The van der Waals surface area contributed by atoms with Crippen LogP contribution in [0.1, 0.15) is 322 Å². The number of amides is 1. The molecule has 0 aromatic heterocycles. The molecule has 9 heteroatoms. The van der Waals surface area contributed by atoms with Crippen molar-refractivity contribution in [1.82, 2.24) is 5.32 Å². The van der Waals surface area contributed by atoms with Gasteiger partial charge in [-0.05, 0) is 38.5 Å². The number of phosphoric acid groups is 1. The number of hydrogen-bond acceptors (Lipinski definition) is 6. The molecule has 70 heavy (non-hydrogen) atoms. The Kier molecular flexibility index (Phi) is 52.5. The van der Waals surface area contributed by atoms with Crippen molar-refractivity contribution >= 4 is 13.7 Å². The van der Waals surface area contributed by atoms with Gasteiger partial charge in [0.05, 0.1) is 39.9 Å². The van der Waals surface area contributed by atoms with Crippen molar-refractivity contribution in [2.75, 3.05) is 40.9 Å². The molecule has 0 aliphatic carbocycles. The highest BCUT2D eigenvalue weighted by molar-refractivity contribution is 7.45. The average Bonchev–Trinajstić information content (AvgIpc) is 3.32. The highest BCUT2D eigenvalue weighted by Gasteiger charge is 2.24. The Labute approximate surface area is 437 Å². The van der Waals surface area contributed by atoms with E-state index in [2.05, 4.69) is 31.3 Å². The van der Waals surface area contributed by atoms with Crippen LogP contribution in [0.15, 0.2) is 12.2 Å². The first-order valence-electron chi connectivity index (χ1n) is 31.0. The third-order valence-corrected chi connectivity index (χ3v) is 15.5. The summed E-state index contributed by atoms with van der Waals surface area (Å²) in [5.41, 5.74) is 0. The Morgan fingerprint density at radius 3 is 1.11 bits per heavy atom. The molecule has 0 spiro atoms. The van der Waals surface area contributed by atoms with E-state index in [1.807, 2.05) is 21.1 Å². The number of phosphoric ester groups is 1. The molecule has 3 atom stereocenters. The zero-order valence-corrected chi connectivity index (χ0v) is 48.6. The van der Waals surface area contributed by atoms with Gasteiger partial charge in [-0.25, -0.2) is 0 Å². The van der Waals surface area contributed by atoms with Gasteiger partial charge in [0.25, 0.3) is 7.82 Å². The monoisotopic (exact) mass is 1010 g/mol. The third-order valence-electron chi connectivity index (χ3n) is 14.5. The zero-order chi connectivity index (χ0) is 51.3. The zero-order valence-electron chi connectivity index (χ0n) is 47.8. The van der Waals surface area contributed by atoms with E-state index < -0.39 is 20.0 Å². The summed E-state index contributed by atoms with van der Waals surface area (Å²) in [6.45, 7) is 4.78. The molecule has 0 aliphatic heterocycles. The van der Waals surface area contributed by atoms with E-state index in [1.54, 1.807) is 0 Å². The van der Waals surface area contributed by atoms with Crippen LogP contribution in [0.25, 0.3) is 0 Å². The van der Waals surface area contributed by atoms with Crippen LogP contribution in [0.2, 0.25) is 0 Å². The van der Waals surface area contributed by atoms with Crippen molar-refractivity contribution in [2.45, 2.75) is 334 Å². The molecular formula is C61H123N2O6P. The summed E-state index contributed by atoms with van der Waals surface area (Å²) in [5, 5.41) is 14.1. The Morgan fingerprint density at radius 2 is 0.786 bits per heavy atom. The number of carbonyl (C=O) groups excluding carboxylic acids is 1. The second-order valence-corrected chi connectivity index (χ2v) is 24.2. The second-order valence-electron chi connectivity index (χ2n) is 22.8. The molecule has 0 saturated heterocycles. The van der Waals surface area contributed by atoms with E-state index in [4.69, 9.17) is 9.05 Å². The van der Waals surface area contributed by atoms with Gasteiger partial charge in [-0.2, -0.15) is 0 Å². The number of aliphatic hydroxyl groups is 1. The molecule has 8 nitrogen and oxygen atoms in total. The molecule has 2 N–H and O–H groups in total. The number of quaternary nitrogens is 1. The quantitative estimate of drug-likeness (QED) is 0.0272. The fraction of sp³-hybridized carbons (Fsp3) is 0.951. The molecule has 0 rings (SSSR count). The van der Waals surface area contributed by atoms with Gasteiger partial charge in [0, 0.05) is 6.42 Å². The van der Waals surface area contributed by atoms with Crippen molar-refractivity contribution in [3.05, 3.63) is 12.2 Å². The maximum atomic E-state index is 13.0. The molecule has 0 fully saturated rings. The molecule has 1 amide bonds. The summed E-state index contributed by atoms with van der Waals surface area (Å²) in [6, 6.07) is -0.799. The SMILES string of the molecule is CCCCCCCCCCCCCC/C=C\CCCCCCCCCCCCCC(=O)NC(COP(=O)([O-])OCC[N+](C)(C)C)C(O)CCCCCCCCCCCCCCCCCCCCCCC. The number of nitrogens with zero attached hydrogens (tertiary/aromatic N) is 1. The summed E-state index contributed by atoms with van der Waals surface area (Å²) in [6.07, 6.45) is 65.4. The van der Waals surface area contributed by atoms with E-state index >= 15 is 0 Å². The molecule has 0 aromatic carbocycles. The predicted octanol–water partition coefficient (Wildman–Crippen LogP) is 18.4. The lowest BCUT2D eigenvalue weighted by Gasteiger charge is -2.30. The topological polar surface area (TPSA) is 108 Å². The number of aliphatic hydroxyl groups excluding tert-OH is 1. The minimum Gasteiger partial charge on any atom is -0.756 e. The summed E-state index contributed by atoms with van der Waals surface area (Å²) in [7, 11) is 1.32. The lowest BCUT2D eigenvalue weighted by molar-refractivity contribution is -0.870. The van der Waals surface area contributed by atoms with Crippen molar-refractivity contribution in [1.29, 1.82) is 0 Å². The number of likely N-dealkylation sites (N-methyl/N-ethyl adjacent to an activating group) is 1.